The molecule has 1 nitrogen and oxygen atoms in total. The highest BCUT2D eigenvalue weighted by atomic mass is 32.1. The molecule has 7 aromatic rings. The van der Waals surface area contributed by atoms with Gasteiger partial charge < -0.3 is 5.11 Å². The van der Waals surface area contributed by atoms with E-state index in [1.807, 2.05) is 0 Å². The molecule has 2 aliphatic rings. The van der Waals surface area contributed by atoms with E-state index in [9.17, 15) is 5.11 Å². The Balaban J connectivity index is 1.42. The van der Waals surface area contributed by atoms with Gasteiger partial charge in [0.25, 0.3) is 0 Å². The van der Waals surface area contributed by atoms with E-state index in [0.29, 0.717) is 0 Å². The van der Waals surface area contributed by atoms with Gasteiger partial charge in [0.1, 0.15) is 5.60 Å². The van der Waals surface area contributed by atoms with Gasteiger partial charge in [-0.1, -0.05) is 152 Å². The van der Waals surface area contributed by atoms with Crippen LogP contribution in [0.3, 0.4) is 0 Å². The summed E-state index contributed by atoms with van der Waals surface area (Å²) in [6, 6.07) is 58.1. The van der Waals surface area contributed by atoms with Gasteiger partial charge in [0.15, 0.2) is 0 Å². The summed E-state index contributed by atoms with van der Waals surface area (Å²) >= 11 is 1.78. The molecule has 2 heteroatoms. The van der Waals surface area contributed by atoms with Gasteiger partial charge in [-0.05, 0) is 56.5 Å². The summed E-state index contributed by atoms with van der Waals surface area (Å²) in [6.07, 6.45) is 0. The van der Waals surface area contributed by atoms with Crippen molar-refractivity contribution in [1.82, 2.24) is 0 Å². The smallest absolute Gasteiger partial charge is 0.142 e. The fourth-order valence-corrected chi connectivity index (χ4v) is 9.00. The average Bonchev–Trinajstić information content (AvgIpc) is 3.75. The van der Waals surface area contributed by atoms with Crippen LogP contribution >= 0.6 is 11.3 Å². The number of allylic oxidation sites excluding steroid dienone is 1. The molecule has 0 amide bonds. The van der Waals surface area contributed by atoms with Crippen molar-refractivity contribution >= 4 is 32.6 Å². The third-order valence-electron chi connectivity index (χ3n) is 9.59. The Labute approximate surface area is 261 Å². The van der Waals surface area contributed by atoms with Crippen molar-refractivity contribution in [2.24, 2.45) is 0 Å². The maximum absolute atomic E-state index is 13.6. The van der Waals surface area contributed by atoms with Gasteiger partial charge in [0, 0.05) is 26.3 Å². The van der Waals surface area contributed by atoms with Crippen molar-refractivity contribution in [3.05, 3.63) is 203 Å². The molecule has 0 spiro atoms. The molecule has 0 radical (unpaired) electrons. The van der Waals surface area contributed by atoms with E-state index in [1.54, 1.807) is 11.3 Å². The SMILES string of the molecule is OC1(c2ccccc2-c2cc3ccccc3s2)C2=C(c3ccccc31)C(c1ccccc1)(c1ccccc1)c1ccccc12. The van der Waals surface area contributed by atoms with E-state index in [2.05, 4.69) is 164 Å². The van der Waals surface area contributed by atoms with E-state index in [1.165, 1.54) is 32.3 Å². The van der Waals surface area contributed by atoms with Crippen molar-refractivity contribution in [1.29, 1.82) is 0 Å². The Morgan fingerprint density at radius 1 is 0.432 bits per heavy atom. The lowest BCUT2D eigenvalue weighted by molar-refractivity contribution is 0.149. The number of hydrogen-bond acceptors (Lipinski definition) is 2. The molecule has 2 aliphatic carbocycles. The molecule has 9 rings (SSSR count). The minimum atomic E-state index is -1.36. The van der Waals surface area contributed by atoms with E-state index in [4.69, 9.17) is 0 Å². The quantitative estimate of drug-likeness (QED) is 0.220. The van der Waals surface area contributed by atoms with Gasteiger partial charge in [-0.25, -0.2) is 0 Å². The molecule has 0 bridgehead atoms. The maximum Gasteiger partial charge on any atom is 0.142 e. The minimum Gasteiger partial charge on any atom is -0.376 e. The van der Waals surface area contributed by atoms with Crippen molar-refractivity contribution in [3.8, 4) is 10.4 Å². The Bertz CT molecular complexity index is 2170. The van der Waals surface area contributed by atoms with E-state index in [-0.39, 0.29) is 0 Å². The fourth-order valence-electron chi connectivity index (χ4n) is 7.90. The zero-order valence-electron chi connectivity index (χ0n) is 23.9. The Kier molecular flexibility index (Phi) is 5.49. The second kappa shape index (κ2) is 9.49. The van der Waals surface area contributed by atoms with Crippen LogP contribution in [0.25, 0.3) is 31.7 Å². The first-order valence-corrected chi connectivity index (χ1v) is 15.9. The number of benzene rings is 6. The lowest BCUT2D eigenvalue weighted by atomic mass is 9.65. The fraction of sp³-hybridized carbons (Fsp3) is 0.0476. The molecular formula is C42H28OS. The first-order valence-electron chi connectivity index (χ1n) is 15.1. The third kappa shape index (κ3) is 3.27. The second-order valence-electron chi connectivity index (χ2n) is 11.7. The summed E-state index contributed by atoms with van der Waals surface area (Å²) in [5.74, 6) is 0. The molecule has 0 aliphatic heterocycles. The summed E-state index contributed by atoms with van der Waals surface area (Å²) in [5, 5.41) is 14.8. The summed E-state index contributed by atoms with van der Waals surface area (Å²) in [5.41, 5.74) is 8.89. The van der Waals surface area contributed by atoms with Gasteiger partial charge in [-0.3, -0.25) is 0 Å². The predicted molar refractivity (Wildman–Crippen MR) is 183 cm³/mol. The van der Waals surface area contributed by atoms with Crippen molar-refractivity contribution in [3.63, 3.8) is 0 Å². The summed E-state index contributed by atoms with van der Waals surface area (Å²) in [6.45, 7) is 0. The highest BCUT2D eigenvalue weighted by Gasteiger charge is 2.58. The third-order valence-corrected chi connectivity index (χ3v) is 10.7. The minimum absolute atomic E-state index is 0.596. The summed E-state index contributed by atoms with van der Waals surface area (Å²) in [4.78, 5) is 1.16. The van der Waals surface area contributed by atoms with Gasteiger partial charge in [-0.15, -0.1) is 11.3 Å². The highest BCUT2D eigenvalue weighted by molar-refractivity contribution is 7.22. The molecule has 1 heterocycles. The topological polar surface area (TPSA) is 20.2 Å². The van der Waals surface area contributed by atoms with Gasteiger partial charge >= 0.3 is 0 Å². The lowest BCUT2D eigenvalue weighted by Crippen LogP contribution is -2.30. The molecule has 1 atom stereocenters. The zero-order valence-corrected chi connectivity index (χ0v) is 24.8. The molecule has 0 fully saturated rings. The largest absolute Gasteiger partial charge is 0.376 e. The van der Waals surface area contributed by atoms with Gasteiger partial charge in [-0.2, -0.15) is 0 Å². The number of rotatable bonds is 4. The van der Waals surface area contributed by atoms with Crippen LogP contribution < -0.4 is 0 Å². The molecule has 1 aromatic heterocycles. The molecule has 44 heavy (non-hydrogen) atoms. The van der Waals surface area contributed by atoms with Crippen LogP contribution in [0.5, 0.6) is 0 Å². The predicted octanol–water partition coefficient (Wildman–Crippen LogP) is 10.1. The van der Waals surface area contributed by atoms with E-state index < -0.39 is 11.0 Å². The van der Waals surface area contributed by atoms with Crippen molar-refractivity contribution in [2.45, 2.75) is 11.0 Å². The molecule has 208 valence electrons. The molecule has 1 N–H and O–H groups in total. The van der Waals surface area contributed by atoms with E-state index >= 15 is 0 Å². The summed E-state index contributed by atoms with van der Waals surface area (Å²) in [7, 11) is 0. The van der Waals surface area contributed by atoms with Crippen LogP contribution in [0.2, 0.25) is 0 Å². The second-order valence-corrected chi connectivity index (χ2v) is 12.8. The number of thiophene rings is 1. The number of fused-ring (bicyclic) bond motifs is 5. The monoisotopic (exact) mass is 580 g/mol. The van der Waals surface area contributed by atoms with Crippen LogP contribution in [0.1, 0.15) is 38.9 Å². The first-order chi connectivity index (χ1) is 21.7. The van der Waals surface area contributed by atoms with Gasteiger partial charge in [0.2, 0.25) is 0 Å². The Morgan fingerprint density at radius 3 is 1.55 bits per heavy atom. The zero-order chi connectivity index (χ0) is 29.3. The highest BCUT2D eigenvalue weighted by Crippen LogP contribution is 2.67. The van der Waals surface area contributed by atoms with Crippen LogP contribution in [0.4, 0.5) is 0 Å². The van der Waals surface area contributed by atoms with Crippen LogP contribution in [-0.4, -0.2) is 5.11 Å². The van der Waals surface area contributed by atoms with Crippen LogP contribution in [-0.2, 0) is 11.0 Å². The first kappa shape index (κ1) is 25.5. The Hall–Kier alpha value is -5.02. The Morgan fingerprint density at radius 2 is 0.909 bits per heavy atom. The van der Waals surface area contributed by atoms with Crippen molar-refractivity contribution < 1.29 is 5.11 Å². The normalized spacial score (nSPS) is 17.8. The molecule has 0 saturated heterocycles. The maximum atomic E-state index is 13.6. The van der Waals surface area contributed by atoms with Crippen LogP contribution in [0.15, 0.2) is 164 Å². The molecule has 6 aromatic carbocycles. The molecule has 1 unspecified atom stereocenters. The van der Waals surface area contributed by atoms with Crippen molar-refractivity contribution in [2.75, 3.05) is 0 Å². The lowest BCUT2D eigenvalue weighted by Gasteiger charge is -2.36. The average molecular weight is 581 g/mol. The standard InChI is InChI=1S/C42H28OS/c43-42(35-24-12-8-20-31(35)38-27-28-15-7-14-26-37(28)44-38)36-25-13-10-22-33(36)39-40(42)32-21-9-11-23-34(32)41(39,29-16-3-1-4-17-29)30-18-5-2-6-19-30/h1-27,43H. The molecule has 0 saturated carbocycles. The number of aliphatic hydroxyl groups is 1. The summed E-state index contributed by atoms with van der Waals surface area (Å²) < 4.78 is 1.24. The van der Waals surface area contributed by atoms with Gasteiger partial charge in [0.05, 0.1) is 5.41 Å². The van der Waals surface area contributed by atoms with Crippen LogP contribution in [0, 0.1) is 0 Å². The molecular weight excluding hydrogens is 553 g/mol. The number of hydrogen-bond donors (Lipinski definition) is 1. The van der Waals surface area contributed by atoms with E-state index in [0.717, 1.165) is 38.3 Å².